The highest BCUT2D eigenvalue weighted by Gasteiger charge is 2.21. The zero-order chi connectivity index (χ0) is 22.0. The molecule has 0 aliphatic carbocycles. The van der Waals surface area contributed by atoms with E-state index >= 15 is 0 Å². The normalized spacial score (nSPS) is 12.7. The van der Waals surface area contributed by atoms with Gasteiger partial charge in [0.15, 0.2) is 0 Å². The molecule has 9 heteroatoms. The van der Waals surface area contributed by atoms with E-state index in [-0.39, 0.29) is 23.7 Å². The number of amides is 1. The quantitative estimate of drug-likeness (QED) is 0.571. The van der Waals surface area contributed by atoms with Crippen molar-refractivity contribution < 1.29 is 22.3 Å². The summed E-state index contributed by atoms with van der Waals surface area (Å²) in [5.41, 5.74) is 2.09. The van der Waals surface area contributed by atoms with Gasteiger partial charge in [-0.2, -0.15) is 0 Å². The van der Waals surface area contributed by atoms with Crippen LogP contribution in [0.2, 0.25) is 5.02 Å². The van der Waals surface area contributed by atoms with Gasteiger partial charge in [-0.25, -0.2) is 12.8 Å². The monoisotopic (exact) mass is 460 g/mol. The van der Waals surface area contributed by atoms with Crippen LogP contribution in [0.4, 0.5) is 15.8 Å². The Bertz CT molecular complexity index is 1260. The van der Waals surface area contributed by atoms with Crippen LogP contribution in [0.15, 0.2) is 65.6 Å². The summed E-state index contributed by atoms with van der Waals surface area (Å²) in [5.74, 6) is -0.411. The molecular formula is C22H18ClFN2O4S. The van der Waals surface area contributed by atoms with Crippen molar-refractivity contribution in [1.29, 1.82) is 0 Å². The number of rotatable bonds is 6. The maximum atomic E-state index is 14.0. The lowest BCUT2D eigenvalue weighted by atomic mass is 10.1. The molecule has 0 radical (unpaired) electrons. The van der Waals surface area contributed by atoms with E-state index in [2.05, 4.69) is 10.0 Å². The summed E-state index contributed by atoms with van der Waals surface area (Å²) in [6.45, 7) is 0.624. The van der Waals surface area contributed by atoms with Crippen molar-refractivity contribution in [3.63, 3.8) is 0 Å². The Balaban J connectivity index is 1.54. The molecule has 1 aliphatic rings. The Kier molecular flexibility index (Phi) is 5.84. The molecule has 0 aromatic heterocycles. The van der Waals surface area contributed by atoms with Gasteiger partial charge < -0.3 is 10.1 Å². The molecule has 0 unspecified atom stereocenters. The van der Waals surface area contributed by atoms with Crippen molar-refractivity contribution >= 4 is 38.9 Å². The van der Waals surface area contributed by atoms with Crippen molar-refractivity contribution in [3.8, 4) is 5.75 Å². The number of sulfonamides is 1. The van der Waals surface area contributed by atoms with E-state index in [1.807, 2.05) is 18.2 Å². The molecule has 2 N–H and O–H groups in total. The number of nitrogens with one attached hydrogen (secondary N) is 2. The highest BCUT2D eigenvalue weighted by Crippen LogP contribution is 2.30. The van der Waals surface area contributed by atoms with Crippen LogP contribution in [0.1, 0.15) is 11.1 Å². The topological polar surface area (TPSA) is 84.5 Å². The van der Waals surface area contributed by atoms with Gasteiger partial charge in [0, 0.05) is 11.4 Å². The molecule has 1 aliphatic heterocycles. The number of carbonyl (C=O) groups excluding carboxylic acids is 1. The van der Waals surface area contributed by atoms with Crippen molar-refractivity contribution in [2.45, 2.75) is 17.7 Å². The van der Waals surface area contributed by atoms with E-state index in [1.54, 1.807) is 0 Å². The van der Waals surface area contributed by atoms with Gasteiger partial charge in [-0.3, -0.25) is 9.52 Å². The van der Waals surface area contributed by atoms with Crippen LogP contribution in [-0.2, 0) is 27.7 Å². The van der Waals surface area contributed by atoms with Gasteiger partial charge in [0.05, 0.1) is 24.4 Å². The third-order valence-electron chi connectivity index (χ3n) is 4.74. The zero-order valence-corrected chi connectivity index (χ0v) is 17.8. The van der Waals surface area contributed by atoms with Crippen LogP contribution in [-0.4, -0.2) is 20.9 Å². The second-order valence-corrected chi connectivity index (χ2v) is 9.08. The van der Waals surface area contributed by atoms with E-state index in [0.29, 0.717) is 11.6 Å². The number of fused-ring (bicyclic) bond motifs is 1. The standard InChI is InChI=1S/C22H18ClFN2O4S/c23-16-6-7-18(26-31(28,29)21-4-2-1-3-17(21)24)19(13-16)25-22(27)12-14-5-8-20-15(11-14)9-10-30-20/h1-8,11,13,26H,9-10,12H2,(H,25,27). The van der Waals surface area contributed by atoms with Gasteiger partial charge in [-0.1, -0.05) is 35.9 Å². The largest absolute Gasteiger partial charge is 0.493 e. The molecule has 0 spiro atoms. The summed E-state index contributed by atoms with van der Waals surface area (Å²) in [6.07, 6.45) is 0.875. The van der Waals surface area contributed by atoms with Gasteiger partial charge in [0.2, 0.25) is 5.91 Å². The Morgan fingerprint density at radius 3 is 2.68 bits per heavy atom. The lowest BCUT2D eigenvalue weighted by molar-refractivity contribution is -0.115. The van der Waals surface area contributed by atoms with Crippen LogP contribution in [0, 0.1) is 5.82 Å². The first-order valence-electron chi connectivity index (χ1n) is 9.43. The second-order valence-electron chi connectivity index (χ2n) is 6.99. The molecule has 0 fully saturated rings. The lowest BCUT2D eigenvalue weighted by Gasteiger charge is -2.14. The third-order valence-corrected chi connectivity index (χ3v) is 6.38. The first-order chi connectivity index (χ1) is 14.8. The van der Waals surface area contributed by atoms with Crippen molar-refractivity contribution in [2.75, 3.05) is 16.6 Å². The first kappa shape index (κ1) is 21.1. The van der Waals surface area contributed by atoms with E-state index < -0.39 is 20.7 Å². The molecule has 0 saturated heterocycles. The predicted octanol–water partition coefficient (Wildman–Crippen LogP) is 4.40. The molecular weight excluding hydrogens is 443 g/mol. The Morgan fingerprint density at radius 2 is 1.87 bits per heavy atom. The predicted molar refractivity (Wildman–Crippen MR) is 117 cm³/mol. The third kappa shape index (κ3) is 4.81. The molecule has 0 atom stereocenters. The SMILES string of the molecule is O=C(Cc1ccc2c(c1)CCO2)Nc1cc(Cl)ccc1NS(=O)(=O)c1ccccc1F. The van der Waals surface area contributed by atoms with Crippen LogP contribution < -0.4 is 14.8 Å². The minimum absolute atomic E-state index is 0.0726. The Labute approximate surface area is 184 Å². The van der Waals surface area contributed by atoms with Gasteiger partial charge in [-0.15, -0.1) is 0 Å². The molecule has 160 valence electrons. The molecule has 6 nitrogen and oxygen atoms in total. The molecule has 3 aromatic carbocycles. The summed E-state index contributed by atoms with van der Waals surface area (Å²) in [4.78, 5) is 12.1. The maximum Gasteiger partial charge on any atom is 0.264 e. The average Bonchev–Trinajstić information content (AvgIpc) is 3.18. The minimum atomic E-state index is -4.21. The van der Waals surface area contributed by atoms with E-state index in [0.717, 1.165) is 35.4 Å². The average molecular weight is 461 g/mol. The summed E-state index contributed by atoms with van der Waals surface area (Å²) >= 11 is 6.04. The van der Waals surface area contributed by atoms with E-state index in [9.17, 15) is 17.6 Å². The van der Waals surface area contributed by atoms with Crippen molar-refractivity contribution in [1.82, 2.24) is 0 Å². The van der Waals surface area contributed by atoms with Gasteiger partial charge in [0.1, 0.15) is 16.5 Å². The summed E-state index contributed by atoms with van der Waals surface area (Å²) < 4.78 is 47.0. The second kappa shape index (κ2) is 8.56. The summed E-state index contributed by atoms with van der Waals surface area (Å²) in [7, 11) is -4.21. The Morgan fingerprint density at radius 1 is 1.06 bits per heavy atom. The number of benzene rings is 3. The van der Waals surface area contributed by atoms with E-state index in [1.165, 1.54) is 30.3 Å². The number of hydrogen-bond donors (Lipinski definition) is 2. The smallest absolute Gasteiger partial charge is 0.264 e. The number of halogens is 2. The highest BCUT2D eigenvalue weighted by atomic mass is 35.5. The fourth-order valence-electron chi connectivity index (χ4n) is 3.30. The summed E-state index contributed by atoms with van der Waals surface area (Å²) in [6, 6.07) is 14.9. The van der Waals surface area contributed by atoms with Gasteiger partial charge in [0.25, 0.3) is 10.0 Å². The minimum Gasteiger partial charge on any atom is -0.493 e. The summed E-state index contributed by atoms with van der Waals surface area (Å²) in [5, 5.41) is 2.99. The fraction of sp³-hybridized carbons (Fsp3) is 0.136. The van der Waals surface area contributed by atoms with Crippen LogP contribution >= 0.6 is 11.6 Å². The maximum absolute atomic E-state index is 14.0. The molecule has 0 saturated carbocycles. The van der Waals surface area contributed by atoms with Crippen molar-refractivity contribution in [3.05, 3.63) is 82.6 Å². The van der Waals surface area contributed by atoms with Crippen LogP contribution in [0.3, 0.4) is 0 Å². The zero-order valence-electron chi connectivity index (χ0n) is 16.2. The van der Waals surface area contributed by atoms with Crippen LogP contribution in [0.5, 0.6) is 5.75 Å². The van der Waals surface area contributed by atoms with Gasteiger partial charge in [-0.05, 0) is 47.5 Å². The number of hydrogen-bond acceptors (Lipinski definition) is 4. The Hall–Kier alpha value is -3.10. The first-order valence-corrected chi connectivity index (χ1v) is 11.3. The van der Waals surface area contributed by atoms with Crippen LogP contribution in [0.25, 0.3) is 0 Å². The fourth-order valence-corrected chi connectivity index (χ4v) is 4.63. The molecule has 0 bridgehead atoms. The molecule has 1 amide bonds. The van der Waals surface area contributed by atoms with Crippen molar-refractivity contribution in [2.24, 2.45) is 0 Å². The van der Waals surface area contributed by atoms with E-state index in [4.69, 9.17) is 16.3 Å². The molecule has 4 rings (SSSR count). The van der Waals surface area contributed by atoms with Gasteiger partial charge >= 0.3 is 0 Å². The number of anilines is 2. The lowest BCUT2D eigenvalue weighted by Crippen LogP contribution is -2.19. The molecule has 1 heterocycles. The highest BCUT2D eigenvalue weighted by molar-refractivity contribution is 7.92. The molecule has 3 aromatic rings. The number of ether oxygens (including phenoxy) is 1. The molecule has 31 heavy (non-hydrogen) atoms. The number of carbonyl (C=O) groups is 1.